The second-order valence-electron chi connectivity index (χ2n) is 6.09. The third kappa shape index (κ3) is 2.54. The summed E-state index contributed by atoms with van der Waals surface area (Å²) in [5.41, 5.74) is 2.32. The van der Waals surface area contributed by atoms with E-state index in [9.17, 15) is 4.79 Å². The van der Waals surface area contributed by atoms with Crippen LogP contribution in [-0.2, 0) is 4.79 Å². The molecule has 2 unspecified atom stereocenters. The molecule has 3 heteroatoms. The second-order valence-corrected chi connectivity index (χ2v) is 6.09. The van der Waals surface area contributed by atoms with E-state index in [1.54, 1.807) is 0 Å². The number of carbonyl (C=O) groups is 1. The molecule has 20 heavy (non-hydrogen) atoms. The number of likely N-dealkylation sites (tertiary alicyclic amines) is 1. The smallest absolute Gasteiger partial charge is 0.230 e. The number of benzene rings is 1. The zero-order valence-electron chi connectivity index (χ0n) is 12.3. The van der Waals surface area contributed by atoms with Crippen molar-refractivity contribution in [3.63, 3.8) is 0 Å². The molecule has 0 radical (unpaired) electrons. The molecule has 1 saturated heterocycles. The summed E-state index contributed by atoms with van der Waals surface area (Å²) < 4.78 is 0. The Morgan fingerprint density at radius 3 is 2.95 bits per heavy atom. The van der Waals surface area contributed by atoms with Gasteiger partial charge in [0, 0.05) is 24.8 Å². The molecule has 1 aromatic carbocycles. The Bertz CT molecular complexity index is 486. The van der Waals surface area contributed by atoms with Gasteiger partial charge in [-0.3, -0.25) is 4.79 Å². The first kappa shape index (κ1) is 13.5. The minimum absolute atomic E-state index is 0.0491. The van der Waals surface area contributed by atoms with Gasteiger partial charge in [0.1, 0.15) is 0 Å². The summed E-state index contributed by atoms with van der Waals surface area (Å²) in [4.78, 5) is 15.1. The molecule has 2 aliphatic heterocycles. The highest BCUT2D eigenvalue weighted by Crippen LogP contribution is 2.33. The SMILES string of the molecule is CC1CCCCCN1C(=O)C1CCNc2ccccc21. The number of para-hydroxylation sites is 1. The molecular weight excluding hydrogens is 248 g/mol. The highest BCUT2D eigenvalue weighted by molar-refractivity contribution is 5.86. The van der Waals surface area contributed by atoms with Crippen molar-refractivity contribution in [1.82, 2.24) is 4.90 Å². The number of nitrogens with one attached hydrogen (secondary N) is 1. The highest BCUT2D eigenvalue weighted by Gasteiger charge is 2.32. The first-order valence-corrected chi connectivity index (χ1v) is 7.90. The molecule has 0 spiro atoms. The first-order valence-electron chi connectivity index (χ1n) is 7.90. The van der Waals surface area contributed by atoms with Crippen molar-refractivity contribution in [2.24, 2.45) is 0 Å². The summed E-state index contributed by atoms with van der Waals surface area (Å²) in [6, 6.07) is 8.66. The molecule has 1 amide bonds. The van der Waals surface area contributed by atoms with Crippen LogP contribution in [0.15, 0.2) is 24.3 Å². The van der Waals surface area contributed by atoms with Gasteiger partial charge in [-0.05, 0) is 37.8 Å². The molecule has 1 N–H and O–H groups in total. The summed E-state index contributed by atoms with van der Waals surface area (Å²) in [6.45, 7) is 4.04. The maximum absolute atomic E-state index is 13.0. The topological polar surface area (TPSA) is 32.3 Å². The lowest BCUT2D eigenvalue weighted by Crippen LogP contribution is -2.42. The largest absolute Gasteiger partial charge is 0.385 e. The zero-order chi connectivity index (χ0) is 13.9. The van der Waals surface area contributed by atoms with Gasteiger partial charge in [-0.2, -0.15) is 0 Å². The molecule has 2 heterocycles. The molecule has 2 atom stereocenters. The fourth-order valence-corrected chi connectivity index (χ4v) is 3.53. The third-order valence-corrected chi connectivity index (χ3v) is 4.72. The van der Waals surface area contributed by atoms with E-state index in [2.05, 4.69) is 29.3 Å². The minimum atomic E-state index is 0.0491. The average molecular weight is 272 g/mol. The van der Waals surface area contributed by atoms with Crippen LogP contribution in [-0.4, -0.2) is 29.9 Å². The Labute approximate surface area is 121 Å². The van der Waals surface area contributed by atoms with E-state index in [0.29, 0.717) is 11.9 Å². The summed E-state index contributed by atoms with van der Waals surface area (Å²) in [7, 11) is 0. The van der Waals surface area contributed by atoms with E-state index >= 15 is 0 Å². The van der Waals surface area contributed by atoms with Crippen LogP contribution < -0.4 is 5.32 Å². The van der Waals surface area contributed by atoms with Gasteiger partial charge in [-0.25, -0.2) is 0 Å². The summed E-state index contributed by atoms with van der Waals surface area (Å²) in [5, 5.41) is 3.40. The Balaban J connectivity index is 1.84. The Kier molecular flexibility index (Phi) is 3.95. The Morgan fingerprint density at radius 1 is 1.20 bits per heavy atom. The maximum atomic E-state index is 13.0. The molecule has 0 saturated carbocycles. The van der Waals surface area contributed by atoms with Gasteiger partial charge >= 0.3 is 0 Å². The molecule has 0 aliphatic carbocycles. The van der Waals surface area contributed by atoms with Crippen molar-refractivity contribution in [3.05, 3.63) is 29.8 Å². The second kappa shape index (κ2) is 5.86. The highest BCUT2D eigenvalue weighted by atomic mass is 16.2. The Hall–Kier alpha value is -1.51. The number of anilines is 1. The summed E-state index contributed by atoms with van der Waals surface area (Å²) in [6.07, 6.45) is 5.74. The van der Waals surface area contributed by atoms with Gasteiger partial charge in [-0.15, -0.1) is 0 Å². The average Bonchev–Trinajstić information content (AvgIpc) is 2.70. The van der Waals surface area contributed by atoms with E-state index in [-0.39, 0.29) is 5.92 Å². The van der Waals surface area contributed by atoms with Crippen LogP contribution >= 0.6 is 0 Å². The monoisotopic (exact) mass is 272 g/mol. The van der Waals surface area contributed by atoms with Crippen LogP contribution in [0.25, 0.3) is 0 Å². The number of amides is 1. The van der Waals surface area contributed by atoms with Crippen molar-refractivity contribution in [2.75, 3.05) is 18.4 Å². The molecule has 0 bridgehead atoms. The lowest BCUT2D eigenvalue weighted by Gasteiger charge is -2.34. The van der Waals surface area contributed by atoms with Gasteiger partial charge in [-0.1, -0.05) is 31.0 Å². The van der Waals surface area contributed by atoms with E-state index in [4.69, 9.17) is 0 Å². The number of fused-ring (bicyclic) bond motifs is 1. The maximum Gasteiger partial charge on any atom is 0.230 e. The van der Waals surface area contributed by atoms with Gasteiger partial charge in [0.05, 0.1) is 5.92 Å². The summed E-state index contributed by atoms with van der Waals surface area (Å²) >= 11 is 0. The van der Waals surface area contributed by atoms with Crippen molar-refractivity contribution in [1.29, 1.82) is 0 Å². The molecule has 3 rings (SSSR count). The standard InChI is InChI=1S/C17H24N2O/c1-13-7-3-2-6-12-19(13)17(20)15-10-11-18-16-9-5-4-8-14(15)16/h4-5,8-9,13,15,18H,2-3,6-7,10-12H2,1H3. The number of rotatable bonds is 1. The van der Waals surface area contributed by atoms with E-state index in [1.165, 1.54) is 18.4 Å². The van der Waals surface area contributed by atoms with Gasteiger partial charge in [0.2, 0.25) is 5.91 Å². The molecule has 1 aromatic rings. The van der Waals surface area contributed by atoms with Crippen LogP contribution in [0.5, 0.6) is 0 Å². The van der Waals surface area contributed by atoms with Crippen molar-refractivity contribution >= 4 is 11.6 Å². The molecule has 0 aromatic heterocycles. The predicted octanol–water partition coefficient (Wildman–Crippen LogP) is 3.38. The van der Waals surface area contributed by atoms with E-state index < -0.39 is 0 Å². The molecule has 1 fully saturated rings. The molecular formula is C17H24N2O. The van der Waals surface area contributed by atoms with Gasteiger partial charge < -0.3 is 10.2 Å². The minimum Gasteiger partial charge on any atom is -0.385 e. The van der Waals surface area contributed by atoms with E-state index in [0.717, 1.165) is 38.0 Å². The van der Waals surface area contributed by atoms with Crippen LogP contribution in [0, 0.1) is 0 Å². The van der Waals surface area contributed by atoms with Crippen molar-refractivity contribution in [3.8, 4) is 0 Å². The van der Waals surface area contributed by atoms with Crippen LogP contribution in [0.4, 0.5) is 5.69 Å². The van der Waals surface area contributed by atoms with Crippen LogP contribution in [0.1, 0.15) is 50.5 Å². The predicted molar refractivity (Wildman–Crippen MR) is 81.9 cm³/mol. The molecule has 2 aliphatic rings. The number of hydrogen-bond acceptors (Lipinski definition) is 2. The lowest BCUT2D eigenvalue weighted by molar-refractivity contribution is -0.135. The quantitative estimate of drug-likeness (QED) is 0.850. The third-order valence-electron chi connectivity index (χ3n) is 4.72. The van der Waals surface area contributed by atoms with Crippen molar-refractivity contribution in [2.45, 2.75) is 51.0 Å². The fraction of sp³-hybridized carbons (Fsp3) is 0.588. The van der Waals surface area contributed by atoms with Crippen LogP contribution in [0.3, 0.4) is 0 Å². The fourth-order valence-electron chi connectivity index (χ4n) is 3.53. The zero-order valence-corrected chi connectivity index (χ0v) is 12.3. The molecule has 108 valence electrons. The number of carbonyl (C=O) groups excluding carboxylic acids is 1. The number of nitrogens with zero attached hydrogens (tertiary/aromatic N) is 1. The van der Waals surface area contributed by atoms with Crippen molar-refractivity contribution < 1.29 is 4.79 Å². The summed E-state index contributed by atoms with van der Waals surface area (Å²) in [5.74, 6) is 0.390. The molecule has 3 nitrogen and oxygen atoms in total. The Morgan fingerprint density at radius 2 is 2.05 bits per heavy atom. The van der Waals surface area contributed by atoms with Gasteiger partial charge in [0.15, 0.2) is 0 Å². The lowest BCUT2D eigenvalue weighted by atomic mass is 9.89. The first-order chi connectivity index (χ1) is 9.77. The normalized spacial score (nSPS) is 26.4. The van der Waals surface area contributed by atoms with Crippen LogP contribution in [0.2, 0.25) is 0 Å². The number of hydrogen-bond donors (Lipinski definition) is 1. The van der Waals surface area contributed by atoms with E-state index in [1.807, 2.05) is 12.1 Å². The van der Waals surface area contributed by atoms with Gasteiger partial charge in [0.25, 0.3) is 0 Å².